The Kier molecular flexibility index (Phi) is 51.8. The van der Waals surface area contributed by atoms with E-state index in [4.69, 9.17) is 14.7 Å². The molecule has 0 spiro atoms. The zero-order valence-corrected chi connectivity index (χ0v) is 58.6. The van der Waals surface area contributed by atoms with Crippen molar-refractivity contribution in [2.24, 2.45) is 0 Å². The normalized spacial score (nSPS) is 11.8. The molecule has 0 amide bonds. The third-order valence-corrected chi connectivity index (χ3v) is 19.9. The number of fused-ring (bicyclic) bond motifs is 4. The summed E-state index contributed by atoms with van der Waals surface area (Å²) in [4.78, 5) is 0. The molecule has 0 saturated carbocycles. The van der Waals surface area contributed by atoms with Crippen LogP contribution in [0, 0.1) is 0 Å². The van der Waals surface area contributed by atoms with E-state index in [0.717, 1.165) is 26.9 Å². The zero-order chi connectivity index (χ0) is 62.0. The molecule has 0 aromatic heterocycles. The monoisotopic (exact) mass is 1200 g/mol. The molecule has 0 aliphatic carbocycles. The molecule has 0 heterocycles. The molecule has 4 aromatic carbocycles. The molecule has 4 rings (SSSR count). The van der Waals surface area contributed by atoms with Gasteiger partial charge in [0.1, 0.15) is 5.75 Å². The van der Waals surface area contributed by atoms with Crippen molar-refractivity contribution in [2.45, 2.75) is 387 Å². The standard InChI is InChI=1S/C64H132N.C18H13BO3/c1-5-9-13-17-21-25-29-33-37-41-45-49-53-57-61-65(62-58-54-50-46-42-38-34-30-26-22-18-14-10-6-2,63-59-55-51-47-43-39-35-31-27-23-19-15-11-7-3)64-60-56-52-48-44-40-36-32-28-24-20-16-12-8-4;20-19(21)22-17-7-3-6-12-8-9-15-10-13-4-1-2-5-14(13)11-16(15)18(12)17/h5-64H2,1-4H3;1-11,20-21H/q+1;. The lowest BCUT2D eigenvalue weighted by atomic mass is 9.97. The largest absolute Gasteiger partial charge is 0.707 e. The van der Waals surface area contributed by atoms with Crippen molar-refractivity contribution in [3.05, 3.63) is 66.7 Å². The van der Waals surface area contributed by atoms with Crippen LogP contribution in [0.1, 0.15) is 387 Å². The van der Waals surface area contributed by atoms with Crippen LogP contribution in [0.3, 0.4) is 0 Å². The van der Waals surface area contributed by atoms with E-state index in [1.807, 2.05) is 30.3 Å². The van der Waals surface area contributed by atoms with Crippen molar-refractivity contribution in [3.8, 4) is 5.75 Å². The number of quaternary nitrogens is 1. The van der Waals surface area contributed by atoms with E-state index in [1.54, 1.807) is 6.07 Å². The molecule has 0 saturated heterocycles. The van der Waals surface area contributed by atoms with Crippen LogP contribution in [0.25, 0.3) is 32.3 Å². The first-order chi connectivity index (χ1) is 43.0. The van der Waals surface area contributed by atoms with E-state index in [2.05, 4.69) is 58.0 Å². The first-order valence-electron chi connectivity index (χ1n) is 39.2. The topological polar surface area (TPSA) is 49.7 Å². The summed E-state index contributed by atoms with van der Waals surface area (Å²) in [6, 6.07) is 22.1. The summed E-state index contributed by atoms with van der Waals surface area (Å²) >= 11 is 0. The molecule has 4 aromatic rings. The molecule has 0 unspecified atom stereocenters. The maximum absolute atomic E-state index is 9.14. The quantitative estimate of drug-likeness (QED) is 0.0152. The number of rotatable bonds is 62. The summed E-state index contributed by atoms with van der Waals surface area (Å²) in [6.07, 6.45) is 82.7. The van der Waals surface area contributed by atoms with Gasteiger partial charge in [0.2, 0.25) is 0 Å². The van der Waals surface area contributed by atoms with E-state index in [9.17, 15) is 0 Å². The molecular formula is C82H145BNO3+. The molecule has 0 atom stereocenters. The van der Waals surface area contributed by atoms with Crippen molar-refractivity contribution >= 4 is 39.6 Å². The third kappa shape index (κ3) is 41.5. The molecule has 0 bridgehead atoms. The van der Waals surface area contributed by atoms with Gasteiger partial charge in [-0.25, -0.2) is 0 Å². The Morgan fingerprint density at radius 1 is 0.264 bits per heavy atom. The van der Waals surface area contributed by atoms with Gasteiger partial charge in [-0.2, -0.15) is 0 Å². The van der Waals surface area contributed by atoms with Crippen molar-refractivity contribution in [2.75, 3.05) is 26.2 Å². The highest BCUT2D eigenvalue weighted by Crippen LogP contribution is 2.35. The highest BCUT2D eigenvalue weighted by atomic mass is 16.6. The van der Waals surface area contributed by atoms with Gasteiger partial charge in [-0.05, 0) is 96.5 Å². The lowest BCUT2D eigenvalue weighted by molar-refractivity contribution is -0.929. The molecule has 5 heteroatoms. The zero-order valence-electron chi connectivity index (χ0n) is 58.6. The molecule has 0 fully saturated rings. The molecular weight excluding hydrogens is 1060 g/mol. The number of hydrogen-bond acceptors (Lipinski definition) is 3. The van der Waals surface area contributed by atoms with Gasteiger partial charge in [-0.3, -0.25) is 0 Å². The fourth-order valence-corrected chi connectivity index (χ4v) is 14.2. The Morgan fingerprint density at radius 3 is 0.782 bits per heavy atom. The second-order valence-corrected chi connectivity index (χ2v) is 27.9. The molecule has 0 aliphatic rings. The van der Waals surface area contributed by atoms with Gasteiger partial charge in [0.25, 0.3) is 0 Å². The summed E-state index contributed by atoms with van der Waals surface area (Å²) in [6.45, 7) is 15.3. The highest BCUT2D eigenvalue weighted by molar-refractivity contribution is 6.34. The predicted octanol–water partition coefficient (Wildman–Crippen LogP) is 27.2. The average Bonchev–Trinajstić information content (AvgIpc) is 0.982. The Labute approximate surface area is 541 Å². The van der Waals surface area contributed by atoms with Crippen LogP contribution in [0.4, 0.5) is 0 Å². The van der Waals surface area contributed by atoms with Gasteiger partial charge in [0.15, 0.2) is 0 Å². The first-order valence-corrected chi connectivity index (χ1v) is 39.2. The Balaban J connectivity index is 0.000000733. The molecule has 2 N–H and O–H groups in total. The van der Waals surface area contributed by atoms with Gasteiger partial charge in [-0.15, -0.1) is 0 Å². The predicted molar refractivity (Wildman–Crippen MR) is 391 cm³/mol. The summed E-state index contributed by atoms with van der Waals surface area (Å²) in [5.41, 5.74) is 0. The Bertz CT molecular complexity index is 1970. The van der Waals surface area contributed by atoms with Crippen LogP contribution in [0.15, 0.2) is 66.7 Å². The van der Waals surface area contributed by atoms with Crippen LogP contribution in [0.5, 0.6) is 5.75 Å². The second-order valence-electron chi connectivity index (χ2n) is 27.9. The lowest BCUT2D eigenvalue weighted by Gasteiger charge is -2.40. The minimum atomic E-state index is -1.83. The molecule has 4 nitrogen and oxygen atoms in total. The maximum atomic E-state index is 9.14. The second kappa shape index (κ2) is 57.3. The number of hydrogen-bond donors (Lipinski definition) is 2. The SMILES string of the molecule is CCCCCCCCCCCCCCCC[N+](CCCCCCCCCCCCCCCC)(CCCCCCCCCCCCCCCC)CCCCCCCCCCCCCCCC.OB(O)Oc1cccc2ccc3cc4ccccc4cc3c12. The van der Waals surface area contributed by atoms with Crippen molar-refractivity contribution in [1.82, 2.24) is 0 Å². The van der Waals surface area contributed by atoms with E-state index >= 15 is 0 Å². The number of unbranched alkanes of at least 4 members (excludes halogenated alkanes) is 52. The summed E-state index contributed by atoms with van der Waals surface area (Å²) in [5.74, 6) is 0.466. The van der Waals surface area contributed by atoms with E-state index < -0.39 is 7.32 Å². The van der Waals surface area contributed by atoms with Crippen LogP contribution < -0.4 is 4.65 Å². The van der Waals surface area contributed by atoms with Gasteiger partial charge in [-0.1, -0.05) is 384 Å². The maximum Gasteiger partial charge on any atom is 0.707 e. The van der Waals surface area contributed by atoms with Crippen LogP contribution in [-0.4, -0.2) is 48.0 Å². The van der Waals surface area contributed by atoms with Crippen LogP contribution in [0.2, 0.25) is 0 Å². The fraction of sp³-hybridized carbons (Fsp3) is 0.780. The van der Waals surface area contributed by atoms with Gasteiger partial charge >= 0.3 is 7.32 Å². The van der Waals surface area contributed by atoms with E-state index in [0.29, 0.717) is 5.75 Å². The van der Waals surface area contributed by atoms with Crippen molar-refractivity contribution in [3.63, 3.8) is 0 Å². The number of benzene rings is 4. The number of nitrogens with zero attached hydrogens (tertiary/aromatic N) is 1. The minimum Gasteiger partial charge on any atom is -0.511 e. The van der Waals surface area contributed by atoms with Gasteiger partial charge < -0.3 is 19.2 Å². The molecule has 0 radical (unpaired) electrons. The highest BCUT2D eigenvalue weighted by Gasteiger charge is 2.26. The van der Waals surface area contributed by atoms with E-state index in [1.165, 1.54) is 396 Å². The first kappa shape index (κ1) is 78.6. The van der Waals surface area contributed by atoms with Gasteiger partial charge in [0.05, 0.1) is 26.2 Å². The Morgan fingerprint density at radius 2 is 0.506 bits per heavy atom. The van der Waals surface area contributed by atoms with Crippen molar-refractivity contribution < 1.29 is 19.2 Å². The van der Waals surface area contributed by atoms with Crippen LogP contribution in [-0.2, 0) is 0 Å². The third-order valence-electron chi connectivity index (χ3n) is 19.9. The molecule has 0 aliphatic heterocycles. The van der Waals surface area contributed by atoms with E-state index in [-0.39, 0.29) is 0 Å². The molecule has 498 valence electrons. The average molecular weight is 1200 g/mol. The lowest BCUT2D eigenvalue weighted by Crippen LogP contribution is -2.50. The summed E-state index contributed by atoms with van der Waals surface area (Å²) < 4.78 is 6.65. The van der Waals surface area contributed by atoms with Gasteiger partial charge in [0, 0.05) is 5.39 Å². The van der Waals surface area contributed by atoms with Crippen LogP contribution >= 0.6 is 0 Å². The smallest absolute Gasteiger partial charge is 0.511 e. The van der Waals surface area contributed by atoms with Crippen molar-refractivity contribution in [1.29, 1.82) is 0 Å². The fourth-order valence-electron chi connectivity index (χ4n) is 14.2. The summed E-state index contributed by atoms with van der Waals surface area (Å²) in [7, 11) is -1.83. The minimum absolute atomic E-state index is 0.466. The Hall–Kier alpha value is -2.60. The molecule has 87 heavy (non-hydrogen) atoms. The summed E-state index contributed by atoms with van der Waals surface area (Å²) in [5, 5.41) is 24.6.